The molecule has 0 saturated heterocycles. The Kier molecular flexibility index (Phi) is 8.71. The van der Waals surface area contributed by atoms with E-state index in [1.807, 2.05) is 76.2 Å². The Balaban J connectivity index is 2.22. The molecule has 0 aromatic heterocycles. The van der Waals surface area contributed by atoms with Crippen LogP contribution in [0.3, 0.4) is 0 Å². The first-order chi connectivity index (χ1) is 14.3. The summed E-state index contributed by atoms with van der Waals surface area (Å²) >= 11 is 0. The Hall–Kier alpha value is -3.02. The lowest BCUT2D eigenvalue weighted by atomic mass is 10.1. The van der Waals surface area contributed by atoms with Gasteiger partial charge in [-0.25, -0.2) is 0 Å². The quantitative estimate of drug-likeness (QED) is 0.646. The molecule has 2 aromatic rings. The summed E-state index contributed by atoms with van der Waals surface area (Å²) in [6, 6.07) is 14.4. The number of amides is 2. The largest absolute Gasteiger partial charge is 0.497 e. The van der Waals surface area contributed by atoms with Crippen LogP contribution in [0.5, 0.6) is 11.5 Å². The number of nitrogens with zero attached hydrogens (tertiary/aromatic N) is 1. The predicted octanol–water partition coefficient (Wildman–Crippen LogP) is 3.71. The van der Waals surface area contributed by atoms with E-state index in [1.165, 1.54) is 0 Å². The van der Waals surface area contributed by atoms with Crippen molar-refractivity contribution in [1.82, 2.24) is 10.2 Å². The van der Waals surface area contributed by atoms with Crippen LogP contribution in [-0.4, -0.2) is 42.5 Å². The van der Waals surface area contributed by atoms with Crippen molar-refractivity contribution in [1.29, 1.82) is 0 Å². The first-order valence-corrected chi connectivity index (χ1v) is 10.3. The maximum Gasteiger partial charge on any atom is 0.261 e. The molecule has 0 aliphatic heterocycles. The lowest BCUT2D eigenvalue weighted by molar-refractivity contribution is -0.143. The maximum atomic E-state index is 13.1. The molecular weight excluding hydrogens is 380 g/mol. The van der Waals surface area contributed by atoms with Gasteiger partial charge in [0.05, 0.1) is 7.11 Å². The zero-order valence-corrected chi connectivity index (χ0v) is 18.5. The molecule has 162 valence electrons. The predicted molar refractivity (Wildman–Crippen MR) is 118 cm³/mol. The van der Waals surface area contributed by atoms with Gasteiger partial charge < -0.3 is 19.7 Å². The highest BCUT2D eigenvalue weighted by Gasteiger charge is 2.29. The van der Waals surface area contributed by atoms with Crippen molar-refractivity contribution in [2.45, 2.75) is 52.7 Å². The number of carbonyl (C=O) groups excluding carboxylic acids is 2. The lowest BCUT2D eigenvalue weighted by Crippen LogP contribution is -2.51. The van der Waals surface area contributed by atoms with Crippen molar-refractivity contribution >= 4 is 11.8 Å². The third-order valence-electron chi connectivity index (χ3n) is 4.77. The highest BCUT2D eigenvalue weighted by Crippen LogP contribution is 2.19. The summed E-state index contributed by atoms with van der Waals surface area (Å²) in [5.41, 5.74) is 1.87. The second-order valence-electron chi connectivity index (χ2n) is 7.51. The van der Waals surface area contributed by atoms with E-state index in [1.54, 1.807) is 12.0 Å². The second kappa shape index (κ2) is 11.2. The number of aryl methyl sites for hydroxylation is 1. The normalized spacial score (nSPS) is 11.7. The van der Waals surface area contributed by atoms with Crippen LogP contribution in [0.2, 0.25) is 0 Å². The molecule has 2 rings (SSSR count). The average Bonchev–Trinajstić information content (AvgIpc) is 2.72. The highest BCUT2D eigenvalue weighted by molar-refractivity contribution is 5.88. The number of methoxy groups -OCH3 is 1. The molecule has 6 heteroatoms. The Morgan fingerprint density at radius 1 is 1.07 bits per heavy atom. The number of benzene rings is 2. The van der Waals surface area contributed by atoms with Crippen LogP contribution in [-0.2, 0) is 16.1 Å². The molecule has 0 aliphatic carbocycles. The fraction of sp³-hybridized carbons (Fsp3) is 0.417. The molecule has 1 N–H and O–H groups in total. The van der Waals surface area contributed by atoms with Gasteiger partial charge in [0.1, 0.15) is 17.5 Å². The van der Waals surface area contributed by atoms with Crippen molar-refractivity contribution in [3.63, 3.8) is 0 Å². The van der Waals surface area contributed by atoms with Gasteiger partial charge in [0.15, 0.2) is 6.61 Å². The Morgan fingerprint density at radius 3 is 2.30 bits per heavy atom. The number of hydrogen-bond acceptors (Lipinski definition) is 4. The van der Waals surface area contributed by atoms with Gasteiger partial charge in [-0.1, -0.05) is 37.3 Å². The second-order valence-corrected chi connectivity index (χ2v) is 7.51. The van der Waals surface area contributed by atoms with Crippen LogP contribution >= 0.6 is 0 Å². The van der Waals surface area contributed by atoms with Crippen LogP contribution in [0.1, 0.15) is 38.3 Å². The topological polar surface area (TPSA) is 67.9 Å². The minimum Gasteiger partial charge on any atom is -0.497 e. The first kappa shape index (κ1) is 23.3. The Morgan fingerprint density at radius 2 is 1.73 bits per heavy atom. The van der Waals surface area contributed by atoms with Crippen molar-refractivity contribution in [2.75, 3.05) is 13.7 Å². The highest BCUT2D eigenvalue weighted by atomic mass is 16.5. The lowest BCUT2D eigenvalue weighted by Gasteiger charge is -2.31. The van der Waals surface area contributed by atoms with Crippen molar-refractivity contribution in [2.24, 2.45) is 0 Å². The summed E-state index contributed by atoms with van der Waals surface area (Å²) in [7, 11) is 1.61. The Bertz CT molecular complexity index is 833. The molecule has 0 bridgehead atoms. The third-order valence-corrected chi connectivity index (χ3v) is 4.77. The smallest absolute Gasteiger partial charge is 0.261 e. The van der Waals surface area contributed by atoms with Gasteiger partial charge >= 0.3 is 0 Å². The molecular formula is C24H32N2O4. The van der Waals surface area contributed by atoms with Crippen molar-refractivity contribution < 1.29 is 19.1 Å². The zero-order chi connectivity index (χ0) is 22.1. The third kappa shape index (κ3) is 6.51. The fourth-order valence-electron chi connectivity index (χ4n) is 3.17. The van der Waals surface area contributed by atoms with Crippen LogP contribution in [0.25, 0.3) is 0 Å². The first-order valence-electron chi connectivity index (χ1n) is 10.3. The zero-order valence-electron chi connectivity index (χ0n) is 18.5. The van der Waals surface area contributed by atoms with Crippen LogP contribution in [0.4, 0.5) is 0 Å². The summed E-state index contributed by atoms with van der Waals surface area (Å²) in [5.74, 6) is 1.00. The maximum absolute atomic E-state index is 13.1. The van der Waals surface area contributed by atoms with Crippen LogP contribution in [0, 0.1) is 6.92 Å². The van der Waals surface area contributed by atoms with Crippen LogP contribution in [0.15, 0.2) is 48.5 Å². The molecule has 0 radical (unpaired) electrons. The number of rotatable bonds is 10. The fourth-order valence-corrected chi connectivity index (χ4v) is 3.17. The van der Waals surface area contributed by atoms with E-state index < -0.39 is 6.04 Å². The molecule has 0 unspecified atom stereocenters. The molecule has 0 aliphatic rings. The van der Waals surface area contributed by atoms with Gasteiger partial charge in [-0.3, -0.25) is 9.59 Å². The number of nitrogens with one attached hydrogen (secondary N) is 1. The van der Waals surface area contributed by atoms with E-state index in [2.05, 4.69) is 5.32 Å². The van der Waals surface area contributed by atoms with Gasteiger partial charge in [-0.15, -0.1) is 0 Å². The number of carbonyl (C=O) groups is 2. The average molecular weight is 413 g/mol. The van der Waals surface area contributed by atoms with E-state index in [9.17, 15) is 9.59 Å². The molecule has 2 aromatic carbocycles. The molecule has 1 atom stereocenters. The molecule has 30 heavy (non-hydrogen) atoms. The summed E-state index contributed by atoms with van der Waals surface area (Å²) in [6.45, 7) is 7.82. The minimum atomic E-state index is -0.581. The van der Waals surface area contributed by atoms with E-state index in [0.717, 1.165) is 16.9 Å². The summed E-state index contributed by atoms with van der Waals surface area (Å²) in [5, 5.41) is 2.92. The monoisotopic (exact) mass is 412 g/mol. The molecule has 6 nitrogen and oxygen atoms in total. The van der Waals surface area contributed by atoms with E-state index >= 15 is 0 Å². The minimum absolute atomic E-state index is 0.00675. The molecule has 2 amide bonds. The van der Waals surface area contributed by atoms with Gasteiger partial charge in [0.25, 0.3) is 5.91 Å². The summed E-state index contributed by atoms with van der Waals surface area (Å²) in [4.78, 5) is 27.5. The SMILES string of the molecule is CC[C@H](C(=O)NC(C)C)N(Cc1ccc(OC)cc1)C(=O)COc1ccccc1C. The number of hydrogen-bond donors (Lipinski definition) is 1. The Labute approximate surface area is 179 Å². The van der Waals surface area contributed by atoms with E-state index in [0.29, 0.717) is 18.7 Å². The summed E-state index contributed by atoms with van der Waals surface area (Å²) < 4.78 is 11.0. The summed E-state index contributed by atoms with van der Waals surface area (Å²) in [6.07, 6.45) is 0.505. The van der Waals surface area contributed by atoms with Crippen molar-refractivity contribution in [3.05, 3.63) is 59.7 Å². The van der Waals surface area contributed by atoms with E-state index in [-0.39, 0.29) is 24.5 Å². The molecule has 0 saturated carbocycles. The number of ether oxygens (including phenoxy) is 2. The van der Waals surface area contributed by atoms with E-state index in [4.69, 9.17) is 9.47 Å². The van der Waals surface area contributed by atoms with Crippen molar-refractivity contribution in [3.8, 4) is 11.5 Å². The molecule has 0 heterocycles. The van der Waals surface area contributed by atoms with Gasteiger partial charge in [0.2, 0.25) is 5.91 Å². The number of para-hydroxylation sites is 1. The standard InChI is InChI=1S/C24H32N2O4/c1-6-21(24(28)25-17(2)3)26(15-19-11-13-20(29-5)14-12-19)23(27)16-30-22-10-8-7-9-18(22)4/h7-14,17,21H,6,15-16H2,1-5H3,(H,25,28)/t21-/m1/s1. The van der Waals surface area contributed by atoms with Gasteiger partial charge in [-0.05, 0) is 56.5 Å². The molecule has 0 fully saturated rings. The molecule has 0 spiro atoms. The van der Waals surface area contributed by atoms with Gasteiger partial charge in [0, 0.05) is 12.6 Å². The van der Waals surface area contributed by atoms with Crippen LogP contribution < -0.4 is 14.8 Å². The van der Waals surface area contributed by atoms with Gasteiger partial charge in [-0.2, -0.15) is 0 Å².